The highest BCUT2D eigenvalue weighted by molar-refractivity contribution is 6.70. The molecule has 0 heterocycles. The molecule has 282 valence electrons. The van der Waals surface area contributed by atoms with Crippen LogP contribution >= 0.6 is 0 Å². The minimum absolute atomic E-state index is 0.00801. The van der Waals surface area contributed by atoms with Gasteiger partial charge in [0.2, 0.25) is 0 Å². The third kappa shape index (κ3) is 5.85. The van der Waals surface area contributed by atoms with Crippen LogP contribution in [-0.2, 0) is 0 Å². The van der Waals surface area contributed by atoms with E-state index in [4.69, 9.17) is 94.2 Å². The summed E-state index contributed by atoms with van der Waals surface area (Å²) in [4.78, 5) is 0. The molecule has 0 saturated carbocycles. The van der Waals surface area contributed by atoms with Gasteiger partial charge >= 0.3 is 0 Å². The predicted molar refractivity (Wildman–Crippen MR) is 306 cm³/mol. The number of benzene rings is 12. The van der Waals surface area contributed by atoms with Crippen LogP contribution in [0.15, 0.2) is 133 Å². The summed E-state index contributed by atoms with van der Waals surface area (Å²) in [6.07, 6.45) is 0. The fourth-order valence-corrected chi connectivity index (χ4v) is 11.0. The summed E-state index contributed by atoms with van der Waals surface area (Å²) < 4.78 is 0. The lowest BCUT2D eigenvalue weighted by molar-refractivity contribution is 1.66. The number of rotatable bonds is 5. The summed E-state index contributed by atoms with van der Waals surface area (Å²) in [6.45, 7) is 0. The van der Waals surface area contributed by atoms with E-state index in [0.29, 0.717) is 11.1 Å². The topological polar surface area (TPSA) is 0 Å². The van der Waals surface area contributed by atoms with Crippen molar-refractivity contribution < 1.29 is 0 Å². The standard InChI is InChI=1S/C56H22B12/c57-45-39(33-21-15-26-10-9-24-7-4-8-25-12-19-31(33)36(26)35(24)25)48(60)54(66)50(62)41(45)43-47(59)44(53(65)56(68)52(43)64)42-46(58)40(49(61)55(67)51(42)63)34-22-16-28-13-18-30-29(23-5-2-1-3-6-23)17-11-27-14-20-32(34)38(28)37(27)30/h1-22H. The Morgan fingerprint density at radius 1 is 0.191 bits per heavy atom. The van der Waals surface area contributed by atoms with Gasteiger partial charge in [-0.25, -0.2) is 0 Å². The molecule has 12 aromatic rings. The fourth-order valence-electron chi connectivity index (χ4n) is 11.0. The van der Waals surface area contributed by atoms with Crippen molar-refractivity contribution in [1.82, 2.24) is 0 Å². The fraction of sp³-hybridized carbons (Fsp3) is 0. The molecule has 0 aromatic heterocycles. The van der Waals surface area contributed by atoms with Crippen LogP contribution < -0.4 is 65.6 Å². The van der Waals surface area contributed by atoms with E-state index in [1.807, 2.05) is 42.5 Å². The average molecular weight is 825 g/mol. The SMILES string of the molecule is [B]c1c([B])c(-c2c([B])c([B])c([B])c(-c3ccc4ccc5cccc6ccc3c4c56)c2[B])c([B])c(-c2c([B])c([B])c([B])c(-c3ccc4ccc5c(-c6ccccc6)ccc6ccc3c4c65)c2[B])c1[B]. The van der Waals surface area contributed by atoms with Crippen molar-refractivity contribution in [2.45, 2.75) is 0 Å². The van der Waals surface area contributed by atoms with E-state index in [0.717, 1.165) is 86.9 Å². The van der Waals surface area contributed by atoms with Crippen molar-refractivity contribution in [3.8, 4) is 55.6 Å². The maximum absolute atomic E-state index is 7.34. The maximum Gasteiger partial charge on any atom is 0.115 e. The molecule has 12 rings (SSSR count). The Kier molecular flexibility index (Phi) is 9.77. The molecule has 0 saturated heterocycles. The van der Waals surface area contributed by atoms with Crippen LogP contribution in [0.25, 0.3) is 120 Å². The average Bonchev–Trinajstić information content (AvgIpc) is 3.35. The van der Waals surface area contributed by atoms with E-state index in [1.165, 1.54) is 0 Å². The van der Waals surface area contributed by atoms with Crippen molar-refractivity contribution in [3.05, 3.63) is 133 Å². The molecule has 12 heteroatoms. The summed E-state index contributed by atoms with van der Waals surface area (Å²) in [6, 6.07) is 45.7. The third-order valence-electron chi connectivity index (χ3n) is 14.3. The molecule has 0 aliphatic rings. The van der Waals surface area contributed by atoms with Crippen LogP contribution in [0.3, 0.4) is 0 Å². The Balaban J connectivity index is 1.10. The number of hydrogen-bond donors (Lipinski definition) is 0. The van der Waals surface area contributed by atoms with Crippen molar-refractivity contribution in [2.75, 3.05) is 0 Å². The van der Waals surface area contributed by atoms with E-state index < -0.39 is 0 Å². The summed E-state index contributed by atoms with van der Waals surface area (Å²) in [5, 5.41) is 12.6. The first-order valence-electron chi connectivity index (χ1n) is 22.0. The monoisotopic (exact) mass is 826 g/mol. The van der Waals surface area contributed by atoms with Crippen LogP contribution in [0.1, 0.15) is 0 Å². The lowest BCUT2D eigenvalue weighted by Crippen LogP contribution is -2.53. The van der Waals surface area contributed by atoms with Crippen molar-refractivity contribution in [2.24, 2.45) is 0 Å². The van der Waals surface area contributed by atoms with Crippen LogP contribution in [0.4, 0.5) is 0 Å². The van der Waals surface area contributed by atoms with Gasteiger partial charge in [0.1, 0.15) is 94.2 Å². The Labute approximate surface area is 411 Å². The van der Waals surface area contributed by atoms with Crippen LogP contribution in [-0.4, -0.2) is 94.2 Å². The van der Waals surface area contributed by atoms with E-state index in [2.05, 4.69) is 91.0 Å². The first-order chi connectivity index (χ1) is 32.8. The van der Waals surface area contributed by atoms with Gasteiger partial charge in [0, 0.05) is 0 Å². The number of hydrogen-bond acceptors (Lipinski definition) is 0. The third-order valence-corrected chi connectivity index (χ3v) is 14.3. The van der Waals surface area contributed by atoms with Crippen molar-refractivity contribution in [1.29, 1.82) is 0 Å². The summed E-state index contributed by atoms with van der Waals surface area (Å²) in [7, 11) is 84.1. The van der Waals surface area contributed by atoms with Gasteiger partial charge in [0.15, 0.2) is 0 Å². The van der Waals surface area contributed by atoms with Gasteiger partial charge in [0.05, 0.1) is 0 Å². The van der Waals surface area contributed by atoms with E-state index in [1.54, 1.807) is 0 Å². The van der Waals surface area contributed by atoms with Gasteiger partial charge in [-0.2, -0.15) is 0 Å². The van der Waals surface area contributed by atoms with Gasteiger partial charge in [-0.15, -0.1) is 16.4 Å². The largest absolute Gasteiger partial charge is 0.115 e. The molecular formula is C56H22B12. The van der Waals surface area contributed by atoms with Crippen LogP contribution in [0, 0.1) is 0 Å². The van der Waals surface area contributed by atoms with Gasteiger partial charge in [-0.05, 0) is 120 Å². The predicted octanol–water partition coefficient (Wildman–Crippen LogP) is 1.34. The minimum atomic E-state index is -0.0182. The Bertz CT molecular complexity index is 4150. The van der Waals surface area contributed by atoms with E-state index >= 15 is 0 Å². The van der Waals surface area contributed by atoms with E-state index in [9.17, 15) is 0 Å². The zero-order chi connectivity index (χ0) is 47.2. The molecule has 0 bridgehead atoms. The molecular weight excluding hydrogens is 802 g/mol. The Hall–Kier alpha value is -6.50. The Morgan fingerprint density at radius 3 is 0.897 bits per heavy atom. The maximum atomic E-state index is 7.34. The zero-order valence-corrected chi connectivity index (χ0v) is 36.6. The lowest BCUT2D eigenvalue weighted by Gasteiger charge is -2.31. The summed E-state index contributed by atoms with van der Waals surface area (Å²) >= 11 is 0. The molecule has 0 aliphatic carbocycles. The van der Waals surface area contributed by atoms with Gasteiger partial charge in [-0.1, -0.05) is 183 Å². The summed E-state index contributed by atoms with van der Waals surface area (Å²) in [5.74, 6) is 0. The molecule has 0 aliphatic heterocycles. The molecule has 24 radical (unpaired) electrons. The van der Waals surface area contributed by atoms with E-state index in [-0.39, 0.29) is 87.8 Å². The molecule has 0 fully saturated rings. The second-order valence-electron chi connectivity index (χ2n) is 17.7. The zero-order valence-electron chi connectivity index (χ0n) is 36.6. The lowest BCUT2D eigenvalue weighted by atomic mass is 9.55. The molecule has 0 N–H and O–H groups in total. The van der Waals surface area contributed by atoms with Crippen LogP contribution in [0.2, 0.25) is 0 Å². The summed E-state index contributed by atoms with van der Waals surface area (Å²) in [5.41, 5.74) is 6.27. The molecule has 12 aromatic carbocycles. The highest BCUT2D eigenvalue weighted by Gasteiger charge is 2.27. The second-order valence-corrected chi connectivity index (χ2v) is 17.7. The first kappa shape index (κ1) is 42.8. The smallest absolute Gasteiger partial charge is 0.109 e. The van der Waals surface area contributed by atoms with Crippen molar-refractivity contribution in [3.63, 3.8) is 0 Å². The van der Waals surface area contributed by atoms with Gasteiger partial charge in [0.25, 0.3) is 0 Å². The minimum Gasteiger partial charge on any atom is -0.109 e. The molecule has 0 nitrogen and oxygen atoms in total. The van der Waals surface area contributed by atoms with Crippen LogP contribution in [0.5, 0.6) is 0 Å². The molecule has 0 unspecified atom stereocenters. The van der Waals surface area contributed by atoms with Gasteiger partial charge in [-0.3, -0.25) is 0 Å². The normalized spacial score (nSPS) is 11.9. The Morgan fingerprint density at radius 2 is 0.485 bits per heavy atom. The van der Waals surface area contributed by atoms with Crippen molar-refractivity contribution >= 4 is 224 Å². The second kappa shape index (κ2) is 15.5. The van der Waals surface area contributed by atoms with Gasteiger partial charge < -0.3 is 0 Å². The molecule has 0 spiro atoms. The molecule has 0 amide bonds. The highest BCUT2D eigenvalue weighted by atomic mass is 14.3. The quantitative estimate of drug-likeness (QED) is 0.182. The molecule has 0 atom stereocenters. The highest BCUT2D eigenvalue weighted by Crippen LogP contribution is 2.43. The first-order valence-corrected chi connectivity index (χ1v) is 22.0. The molecule has 68 heavy (non-hydrogen) atoms.